The van der Waals surface area contributed by atoms with Gasteiger partial charge in [-0.1, -0.05) is 6.07 Å². The predicted octanol–water partition coefficient (Wildman–Crippen LogP) is 2.64. The van der Waals surface area contributed by atoms with Crippen LogP contribution in [0.1, 0.15) is 23.9 Å². The van der Waals surface area contributed by atoms with E-state index in [2.05, 4.69) is 10.4 Å². The first-order valence-electron chi connectivity index (χ1n) is 8.08. The van der Waals surface area contributed by atoms with E-state index in [9.17, 15) is 9.18 Å². The van der Waals surface area contributed by atoms with Gasteiger partial charge in [-0.2, -0.15) is 5.10 Å². The molecule has 0 aliphatic carbocycles. The minimum Gasteiger partial charge on any atom is -0.494 e. The number of amides is 1. The van der Waals surface area contributed by atoms with Crippen LogP contribution in [0.2, 0.25) is 0 Å². The monoisotopic (exact) mass is 348 g/mol. The maximum absolute atomic E-state index is 13.8. The van der Waals surface area contributed by atoms with Gasteiger partial charge in [-0.3, -0.25) is 14.4 Å². The average Bonchev–Trinajstić information content (AvgIpc) is 2.80. The highest BCUT2D eigenvalue weighted by molar-refractivity contribution is 5.95. The van der Waals surface area contributed by atoms with E-state index >= 15 is 0 Å². The van der Waals surface area contributed by atoms with Crippen molar-refractivity contribution >= 4 is 11.6 Å². The van der Waals surface area contributed by atoms with Gasteiger partial charge in [-0.25, -0.2) is 4.39 Å². The summed E-state index contributed by atoms with van der Waals surface area (Å²) < 4.78 is 20.5. The molecule has 0 radical (unpaired) electrons. The standard InChI is InChI=1S/C18H25FN4O2/c1-11-17(12(2)23(5)21-11)20-18(24)13(3)22(4)10-14-7-8-16(25-6)15(19)9-14/h7-9,13H,10H2,1-6H3,(H,20,24). The van der Waals surface area contributed by atoms with E-state index in [-0.39, 0.29) is 17.7 Å². The number of aryl methyl sites for hydroxylation is 2. The molecule has 0 fully saturated rings. The predicted molar refractivity (Wildman–Crippen MR) is 95.2 cm³/mol. The zero-order chi connectivity index (χ0) is 18.7. The minimum atomic E-state index is -0.410. The first-order chi connectivity index (χ1) is 11.7. The highest BCUT2D eigenvalue weighted by Gasteiger charge is 2.21. The molecule has 0 aliphatic rings. The van der Waals surface area contributed by atoms with E-state index in [4.69, 9.17) is 4.74 Å². The molecule has 1 heterocycles. The quantitative estimate of drug-likeness (QED) is 0.872. The second-order valence-electron chi connectivity index (χ2n) is 6.22. The number of aromatic nitrogens is 2. The fourth-order valence-electron chi connectivity index (χ4n) is 2.62. The fourth-order valence-corrected chi connectivity index (χ4v) is 2.62. The van der Waals surface area contributed by atoms with Gasteiger partial charge in [0.1, 0.15) is 0 Å². The summed E-state index contributed by atoms with van der Waals surface area (Å²) >= 11 is 0. The van der Waals surface area contributed by atoms with Crippen molar-refractivity contribution in [3.8, 4) is 5.75 Å². The molecule has 25 heavy (non-hydrogen) atoms. The number of nitrogens with one attached hydrogen (secondary N) is 1. The van der Waals surface area contributed by atoms with Gasteiger partial charge in [0.25, 0.3) is 0 Å². The number of ether oxygens (including phenoxy) is 1. The van der Waals surface area contributed by atoms with E-state index < -0.39 is 5.82 Å². The van der Waals surface area contributed by atoms with Crippen LogP contribution in [0.5, 0.6) is 5.75 Å². The Hall–Kier alpha value is -2.41. The molecule has 0 saturated carbocycles. The van der Waals surface area contributed by atoms with Gasteiger partial charge in [0.2, 0.25) is 5.91 Å². The third kappa shape index (κ3) is 4.17. The molecule has 7 heteroatoms. The van der Waals surface area contributed by atoms with Gasteiger partial charge in [0.15, 0.2) is 11.6 Å². The van der Waals surface area contributed by atoms with Crippen molar-refractivity contribution in [2.45, 2.75) is 33.4 Å². The van der Waals surface area contributed by atoms with Crippen molar-refractivity contribution in [3.05, 3.63) is 41.0 Å². The van der Waals surface area contributed by atoms with E-state index in [0.717, 1.165) is 22.6 Å². The molecular weight excluding hydrogens is 323 g/mol. The molecule has 6 nitrogen and oxygen atoms in total. The molecule has 136 valence electrons. The molecule has 1 amide bonds. The Morgan fingerprint density at radius 3 is 2.64 bits per heavy atom. The first kappa shape index (κ1) is 18.9. The lowest BCUT2D eigenvalue weighted by atomic mass is 10.1. The third-order valence-electron chi connectivity index (χ3n) is 4.45. The van der Waals surface area contributed by atoms with E-state index in [1.165, 1.54) is 13.2 Å². The summed E-state index contributed by atoms with van der Waals surface area (Å²) in [7, 11) is 5.10. The molecular formula is C18H25FN4O2. The summed E-state index contributed by atoms with van der Waals surface area (Å²) in [6, 6.07) is 4.42. The van der Waals surface area contributed by atoms with Crippen LogP contribution in [0.3, 0.4) is 0 Å². The highest BCUT2D eigenvalue weighted by Crippen LogP contribution is 2.21. The van der Waals surface area contributed by atoms with Crippen molar-refractivity contribution in [1.29, 1.82) is 0 Å². The van der Waals surface area contributed by atoms with Crippen molar-refractivity contribution in [1.82, 2.24) is 14.7 Å². The number of carbonyl (C=O) groups is 1. The Balaban J connectivity index is 2.04. The first-order valence-corrected chi connectivity index (χ1v) is 8.08. The fraction of sp³-hybridized carbons (Fsp3) is 0.444. The number of carbonyl (C=O) groups excluding carboxylic acids is 1. The van der Waals surface area contributed by atoms with Crippen molar-refractivity contribution in [2.24, 2.45) is 7.05 Å². The Bertz CT molecular complexity index is 773. The zero-order valence-electron chi connectivity index (χ0n) is 15.6. The number of likely N-dealkylation sites (N-methyl/N-ethyl adjacent to an activating group) is 1. The number of rotatable bonds is 6. The molecule has 2 rings (SSSR count). The van der Waals surface area contributed by atoms with Crippen molar-refractivity contribution < 1.29 is 13.9 Å². The van der Waals surface area contributed by atoms with Crippen molar-refractivity contribution in [3.63, 3.8) is 0 Å². The summed E-state index contributed by atoms with van der Waals surface area (Å²) in [6.07, 6.45) is 0. The highest BCUT2D eigenvalue weighted by atomic mass is 19.1. The molecule has 1 aromatic carbocycles. The smallest absolute Gasteiger partial charge is 0.241 e. The number of hydrogen-bond donors (Lipinski definition) is 1. The maximum atomic E-state index is 13.8. The lowest BCUT2D eigenvalue weighted by molar-refractivity contribution is -0.120. The number of halogens is 1. The van der Waals surface area contributed by atoms with Gasteiger partial charge < -0.3 is 10.1 Å². The van der Waals surface area contributed by atoms with Crippen LogP contribution in [0.15, 0.2) is 18.2 Å². The van der Waals surface area contributed by atoms with Crippen LogP contribution in [-0.4, -0.2) is 40.8 Å². The summed E-state index contributed by atoms with van der Waals surface area (Å²) in [5.74, 6) is -0.331. The SMILES string of the molecule is COc1ccc(CN(C)C(C)C(=O)Nc2c(C)nn(C)c2C)cc1F. The molecule has 1 aromatic heterocycles. The Morgan fingerprint density at radius 1 is 1.44 bits per heavy atom. The van der Waals surface area contributed by atoms with Gasteiger partial charge in [-0.15, -0.1) is 0 Å². The van der Waals surface area contributed by atoms with Crippen LogP contribution < -0.4 is 10.1 Å². The average molecular weight is 348 g/mol. The topological polar surface area (TPSA) is 59.4 Å². The van der Waals surface area contributed by atoms with Crippen LogP contribution in [-0.2, 0) is 18.4 Å². The molecule has 0 bridgehead atoms. The third-order valence-corrected chi connectivity index (χ3v) is 4.45. The molecule has 1 N–H and O–H groups in total. The summed E-state index contributed by atoms with van der Waals surface area (Å²) in [5.41, 5.74) is 3.19. The Labute approximate surface area is 147 Å². The van der Waals surface area contributed by atoms with Crippen LogP contribution >= 0.6 is 0 Å². The normalized spacial score (nSPS) is 12.3. The lowest BCUT2D eigenvalue weighted by Crippen LogP contribution is -2.39. The number of hydrogen-bond acceptors (Lipinski definition) is 4. The number of anilines is 1. The summed E-state index contributed by atoms with van der Waals surface area (Å²) in [6.45, 7) is 6.03. The Kier molecular flexibility index (Phi) is 5.79. The van der Waals surface area contributed by atoms with Gasteiger partial charge in [-0.05, 0) is 45.5 Å². The van der Waals surface area contributed by atoms with E-state index in [1.807, 2.05) is 39.8 Å². The van der Waals surface area contributed by atoms with Gasteiger partial charge >= 0.3 is 0 Å². The molecule has 0 aliphatic heterocycles. The second-order valence-corrected chi connectivity index (χ2v) is 6.22. The molecule has 1 unspecified atom stereocenters. The van der Waals surface area contributed by atoms with Crippen LogP contribution in [0.4, 0.5) is 10.1 Å². The Morgan fingerprint density at radius 2 is 2.12 bits per heavy atom. The van der Waals surface area contributed by atoms with Crippen LogP contribution in [0.25, 0.3) is 0 Å². The zero-order valence-corrected chi connectivity index (χ0v) is 15.6. The summed E-state index contributed by atoms with van der Waals surface area (Å²) in [5, 5.41) is 7.23. The number of methoxy groups -OCH3 is 1. The van der Waals surface area contributed by atoms with Gasteiger partial charge in [0.05, 0.1) is 30.2 Å². The van der Waals surface area contributed by atoms with Crippen LogP contribution in [0, 0.1) is 19.7 Å². The maximum Gasteiger partial charge on any atom is 0.241 e. The van der Waals surface area contributed by atoms with E-state index in [0.29, 0.717) is 6.54 Å². The van der Waals surface area contributed by atoms with Crippen molar-refractivity contribution in [2.75, 3.05) is 19.5 Å². The van der Waals surface area contributed by atoms with E-state index in [1.54, 1.807) is 16.8 Å². The number of nitrogens with zero attached hydrogens (tertiary/aromatic N) is 3. The minimum absolute atomic E-state index is 0.129. The largest absolute Gasteiger partial charge is 0.494 e. The summed E-state index contributed by atoms with van der Waals surface area (Å²) in [4.78, 5) is 14.4. The molecule has 0 saturated heterocycles. The van der Waals surface area contributed by atoms with Gasteiger partial charge in [0, 0.05) is 13.6 Å². The number of benzene rings is 1. The molecule has 0 spiro atoms. The molecule has 1 atom stereocenters. The second kappa shape index (κ2) is 7.65. The molecule has 2 aromatic rings. The lowest BCUT2D eigenvalue weighted by Gasteiger charge is -2.24.